The molecule has 0 aliphatic rings. The van der Waals surface area contributed by atoms with E-state index in [2.05, 4.69) is 6.58 Å². The van der Waals surface area contributed by atoms with E-state index < -0.39 is 0 Å². The Bertz CT molecular complexity index is 357. The van der Waals surface area contributed by atoms with Gasteiger partial charge in [-0.3, -0.25) is 0 Å². The molecule has 2 heteroatoms. The van der Waals surface area contributed by atoms with Crippen molar-refractivity contribution in [3.8, 4) is 11.8 Å². The summed E-state index contributed by atoms with van der Waals surface area (Å²) in [7, 11) is 0. The van der Waals surface area contributed by atoms with Gasteiger partial charge in [-0.1, -0.05) is 6.58 Å². The Hall–Kier alpha value is -1.75. The Morgan fingerprint density at radius 3 is 2.36 bits per heavy atom. The maximum atomic E-state index is 8.62. The molecule has 0 aliphatic carbocycles. The molecule has 2 nitrogen and oxygen atoms in total. The SMILES string of the molecule is C=C(C#N)c1ccc(OC(C)C)cc1. The number of ether oxygens (including phenoxy) is 1. The molecule has 0 bridgehead atoms. The summed E-state index contributed by atoms with van der Waals surface area (Å²) in [6.45, 7) is 7.58. The molecule has 0 atom stereocenters. The smallest absolute Gasteiger partial charge is 0.119 e. The molecule has 0 heterocycles. The molecule has 72 valence electrons. The summed E-state index contributed by atoms with van der Waals surface area (Å²) in [6, 6.07) is 9.37. The van der Waals surface area contributed by atoms with E-state index >= 15 is 0 Å². The Morgan fingerprint density at radius 1 is 1.36 bits per heavy atom. The molecular weight excluding hydrogens is 174 g/mol. The second-order valence-electron chi connectivity index (χ2n) is 3.28. The van der Waals surface area contributed by atoms with Crippen molar-refractivity contribution in [1.82, 2.24) is 0 Å². The summed E-state index contributed by atoms with van der Waals surface area (Å²) in [5.74, 6) is 0.814. The Kier molecular flexibility index (Phi) is 3.30. The first kappa shape index (κ1) is 10.3. The van der Waals surface area contributed by atoms with Crippen LogP contribution < -0.4 is 4.74 Å². The van der Waals surface area contributed by atoms with Crippen molar-refractivity contribution < 1.29 is 4.74 Å². The maximum absolute atomic E-state index is 8.62. The van der Waals surface area contributed by atoms with Crippen LogP contribution in [0.5, 0.6) is 5.75 Å². The van der Waals surface area contributed by atoms with E-state index in [4.69, 9.17) is 10.00 Å². The minimum Gasteiger partial charge on any atom is -0.491 e. The van der Waals surface area contributed by atoms with E-state index in [1.165, 1.54) is 0 Å². The summed E-state index contributed by atoms with van der Waals surface area (Å²) < 4.78 is 5.47. The van der Waals surface area contributed by atoms with Crippen LogP contribution in [0, 0.1) is 11.3 Å². The number of benzene rings is 1. The van der Waals surface area contributed by atoms with E-state index in [1.54, 1.807) is 0 Å². The molecule has 0 unspecified atom stereocenters. The van der Waals surface area contributed by atoms with Gasteiger partial charge in [-0.15, -0.1) is 0 Å². The molecule has 1 aromatic rings. The van der Waals surface area contributed by atoms with Gasteiger partial charge in [0.1, 0.15) is 5.75 Å². The molecule has 1 aromatic carbocycles. The molecule has 0 fully saturated rings. The molecule has 0 spiro atoms. The highest BCUT2D eigenvalue weighted by Crippen LogP contribution is 2.17. The van der Waals surface area contributed by atoms with Gasteiger partial charge in [0.25, 0.3) is 0 Å². The summed E-state index contributed by atoms with van der Waals surface area (Å²) in [4.78, 5) is 0. The summed E-state index contributed by atoms with van der Waals surface area (Å²) in [6.07, 6.45) is 0.167. The van der Waals surface area contributed by atoms with Gasteiger partial charge < -0.3 is 4.74 Å². The average Bonchev–Trinajstić information content (AvgIpc) is 2.17. The quantitative estimate of drug-likeness (QED) is 0.681. The lowest BCUT2D eigenvalue weighted by atomic mass is 10.1. The van der Waals surface area contributed by atoms with Crippen molar-refractivity contribution in [2.75, 3.05) is 0 Å². The van der Waals surface area contributed by atoms with Crippen molar-refractivity contribution in [2.45, 2.75) is 20.0 Å². The predicted octanol–water partition coefficient (Wildman–Crippen LogP) is 3.01. The van der Waals surface area contributed by atoms with Crippen LogP contribution in [0.15, 0.2) is 30.8 Å². The second kappa shape index (κ2) is 4.48. The average molecular weight is 187 g/mol. The molecule has 0 N–H and O–H groups in total. The van der Waals surface area contributed by atoms with Crippen LogP contribution in [0.2, 0.25) is 0 Å². The fourth-order valence-electron chi connectivity index (χ4n) is 1.07. The molecule has 0 amide bonds. The summed E-state index contributed by atoms with van der Waals surface area (Å²) in [5.41, 5.74) is 1.31. The first-order valence-electron chi connectivity index (χ1n) is 4.49. The van der Waals surface area contributed by atoms with Crippen LogP contribution in [0.1, 0.15) is 19.4 Å². The van der Waals surface area contributed by atoms with Gasteiger partial charge in [0.05, 0.1) is 17.7 Å². The third kappa shape index (κ3) is 2.63. The van der Waals surface area contributed by atoms with Gasteiger partial charge in [-0.2, -0.15) is 5.26 Å². The minimum absolute atomic E-state index is 0.167. The molecular formula is C12H13NO. The molecule has 0 saturated carbocycles. The summed E-state index contributed by atoms with van der Waals surface area (Å²) in [5, 5.41) is 8.62. The number of nitrogens with zero attached hydrogens (tertiary/aromatic N) is 1. The zero-order valence-electron chi connectivity index (χ0n) is 8.45. The van der Waals surface area contributed by atoms with E-state index in [1.807, 2.05) is 44.2 Å². The van der Waals surface area contributed by atoms with E-state index in [0.717, 1.165) is 11.3 Å². The number of rotatable bonds is 3. The third-order valence-electron chi connectivity index (χ3n) is 1.71. The number of hydrogen-bond acceptors (Lipinski definition) is 2. The maximum Gasteiger partial charge on any atom is 0.119 e. The van der Waals surface area contributed by atoms with Crippen LogP contribution in [0.4, 0.5) is 0 Å². The van der Waals surface area contributed by atoms with Crippen molar-refractivity contribution in [2.24, 2.45) is 0 Å². The highest BCUT2D eigenvalue weighted by molar-refractivity contribution is 5.74. The highest BCUT2D eigenvalue weighted by atomic mass is 16.5. The molecule has 0 radical (unpaired) electrons. The minimum atomic E-state index is 0.167. The molecule has 0 aliphatic heterocycles. The first-order valence-corrected chi connectivity index (χ1v) is 4.49. The third-order valence-corrected chi connectivity index (χ3v) is 1.71. The second-order valence-corrected chi connectivity index (χ2v) is 3.28. The van der Waals surface area contributed by atoms with Crippen molar-refractivity contribution in [3.63, 3.8) is 0 Å². The lowest BCUT2D eigenvalue weighted by molar-refractivity contribution is 0.242. The largest absolute Gasteiger partial charge is 0.491 e. The Morgan fingerprint density at radius 2 is 1.93 bits per heavy atom. The van der Waals surface area contributed by atoms with E-state index in [0.29, 0.717) is 5.57 Å². The van der Waals surface area contributed by atoms with Crippen LogP contribution in [0.3, 0.4) is 0 Å². The van der Waals surface area contributed by atoms with Crippen molar-refractivity contribution in [1.29, 1.82) is 5.26 Å². The summed E-state index contributed by atoms with van der Waals surface area (Å²) >= 11 is 0. The number of hydrogen-bond donors (Lipinski definition) is 0. The number of nitriles is 1. The molecule has 14 heavy (non-hydrogen) atoms. The van der Waals surface area contributed by atoms with Crippen LogP contribution in [0.25, 0.3) is 5.57 Å². The lowest BCUT2D eigenvalue weighted by Gasteiger charge is -2.09. The van der Waals surface area contributed by atoms with Gasteiger partial charge in [0.15, 0.2) is 0 Å². The Balaban J connectivity index is 2.80. The van der Waals surface area contributed by atoms with Gasteiger partial charge >= 0.3 is 0 Å². The van der Waals surface area contributed by atoms with Crippen LogP contribution in [-0.4, -0.2) is 6.10 Å². The van der Waals surface area contributed by atoms with Crippen molar-refractivity contribution in [3.05, 3.63) is 36.4 Å². The van der Waals surface area contributed by atoms with Gasteiger partial charge in [0, 0.05) is 0 Å². The van der Waals surface area contributed by atoms with E-state index in [9.17, 15) is 0 Å². The Labute approximate surface area is 84.4 Å². The highest BCUT2D eigenvalue weighted by Gasteiger charge is 1.99. The predicted molar refractivity (Wildman–Crippen MR) is 56.9 cm³/mol. The fourth-order valence-corrected chi connectivity index (χ4v) is 1.07. The van der Waals surface area contributed by atoms with Crippen molar-refractivity contribution >= 4 is 5.57 Å². The molecule has 0 saturated heterocycles. The molecule has 1 rings (SSSR count). The van der Waals surface area contributed by atoms with E-state index in [-0.39, 0.29) is 6.10 Å². The van der Waals surface area contributed by atoms with Crippen LogP contribution in [-0.2, 0) is 0 Å². The standard InChI is InChI=1S/C12H13NO/c1-9(2)14-12-6-4-11(5-7-12)10(3)8-13/h4-7,9H,3H2,1-2H3. The first-order chi connectivity index (χ1) is 6.63. The fraction of sp³-hybridized carbons (Fsp3) is 0.250. The normalized spacial score (nSPS) is 9.57. The number of allylic oxidation sites excluding steroid dienone is 1. The molecule has 0 aromatic heterocycles. The topological polar surface area (TPSA) is 33.0 Å². The monoisotopic (exact) mass is 187 g/mol. The van der Waals surface area contributed by atoms with Crippen LogP contribution >= 0.6 is 0 Å². The van der Waals surface area contributed by atoms with Gasteiger partial charge in [-0.05, 0) is 43.7 Å². The van der Waals surface area contributed by atoms with Gasteiger partial charge in [-0.25, -0.2) is 0 Å². The van der Waals surface area contributed by atoms with Gasteiger partial charge in [0.2, 0.25) is 0 Å². The lowest BCUT2D eigenvalue weighted by Crippen LogP contribution is -2.05. The zero-order valence-corrected chi connectivity index (χ0v) is 8.45. The zero-order chi connectivity index (χ0) is 10.6.